The molecule has 0 unspecified atom stereocenters. The molecule has 2 saturated heterocycles. The number of nitrogens with zero attached hydrogens (tertiary/aromatic N) is 5. The van der Waals surface area contributed by atoms with Gasteiger partial charge >= 0.3 is 6.09 Å². The molecule has 3 aliphatic heterocycles. The van der Waals surface area contributed by atoms with E-state index in [4.69, 9.17) is 19.2 Å². The van der Waals surface area contributed by atoms with E-state index >= 15 is 0 Å². The maximum atomic E-state index is 14.5. The summed E-state index contributed by atoms with van der Waals surface area (Å²) in [6.45, 7) is 17.5. The SMILES string of the molecule is C[C@@H]1CN(CC(=O)N2c3cc(Cc4ccc(F)cc4)c(NC4CC4)nc3OC[C@@H]2C)[C@@H](CN2[C@H](C)COC[C@H]2C)CN1C(=O)OC(C)(C)C. The van der Waals surface area contributed by atoms with E-state index in [2.05, 4.69) is 29.0 Å². The van der Waals surface area contributed by atoms with Crippen molar-refractivity contribution in [2.24, 2.45) is 0 Å². The fourth-order valence-electron chi connectivity index (χ4n) is 7.14. The Morgan fingerprint density at radius 1 is 0.980 bits per heavy atom. The van der Waals surface area contributed by atoms with Gasteiger partial charge in [0.15, 0.2) is 0 Å². The molecule has 1 saturated carbocycles. The predicted octanol–water partition coefficient (Wildman–Crippen LogP) is 4.92. The number of benzene rings is 1. The first-order valence-electron chi connectivity index (χ1n) is 17.8. The molecule has 4 aliphatic rings. The van der Waals surface area contributed by atoms with Crippen molar-refractivity contribution >= 4 is 23.5 Å². The predicted molar refractivity (Wildman–Crippen MR) is 187 cm³/mol. The van der Waals surface area contributed by atoms with Crippen molar-refractivity contribution in [3.63, 3.8) is 0 Å². The van der Waals surface area contributed by atoms with E-state index in [1.807, 2.05) is 50.5 Å². The molecule has 4 heterocycles. The van der Waals surface area contributed by atoms with Gasteiger partial charge in [0.05, 0.1) is 25.8 Å². The molecule has 1 aromatic carbocycles. The number of halogens is 1. The number of piperazine rings is 1. The molecule has 1 aromatic heterocycles. The number of hydrogen-bond donors (Lipinski definition) is 1. The summed E-state index contributed by atoms with van der Waals surface area (Å²) in [7, 11) is 0. The normalized spacial score (nSPS) is 26.6. The average Bonchev–Trinajstić information content (AvgIpc) is 3.84. The van der Waals surface area contributed by atoms with Crippen LogP contribution < -0.4 is 15.0 Å². The van der Waals surface area contributed by atoms with Gasteiger partial charge in [-0.15, -0.1) is 0 Å². The molecule has 5 atom stereocenters. The van der Waals surface area contributed by atoms with Crippen molar-refractivity contribution in [1.82, 2.24) is 19.7 Å². The number of carbonyl (C=O) groups excluding carboxylic acids is 2. The second kappa shape index (κ2) is 14.4. The van der Waals surface area contributed by atoms with Crippen LogP contribution in [0.2, 0.25) is 0 Å². The Bertz CT molecular complexity index is 1490. The molecule has 12 heteroatoms. The van der Waals surface area contributed by atoms with Gasteiger partial charge in [0.2, 0.25) is 11.8 Å². The van der Waals surface area contributed by atoms with Gasteiger partial charge in [0.1, 0.15) is 29.5 Å². The van der Waals surface area contributed by atoms with Crippen LogP contribution in [0.1, 0.15) is 72.4 Å². The molecule has 49 heavy (non-hydrogen) atoms. The Balaban J connectivity index is 1.27. The molecular weight excluding hydrogens is 627 g/mol. The highest BCUT2D eigenvalue weighted by Gasteiger charge is 2.41. The number of anilines is 2. The Hall–Kier alpha value is -3.48. The molecular formula is C37H53FN6O5. The number of rotatable bonds is 8. The number of carbonyl (C=O) groups is 2. The molecule has 11 nitrogen and oxygen atoms in total. The molecule has 0 bridgehead atoms. The second-order valence-corrected chi connectivity index (χ2v) is 15.5. The maximum Gasteiger partial charge on any atom is 0.410 e. The van der Waals surface area contributed by atoms with Crippen LogP contribution in [-0.4, -0.2) is 120 Å². The second-order valence-electron chi connectivity index (χ2n) is 15.5. The number of amides is 2. The minimum atomic E-state index is -0.607. The number of nitrogens with one attached hydrogen (secondary N) is 1. The molecule has 268 valence electrons. The molecule has 3 fully saturated rings. The van der Waals surface area contributed by atoms with Crippen molar-refractivity contribution in [2.75, 3.05) is 56.2 Å². The van der Waals surface area contributed by atoms with Gasteiger partial charge in [-0.3, -0.25) is 14.6 Å². The van der Waals surface area contributed by atoms with E-state index in [0.29, 0.717) is 63.5 Å². The summed E-state index contributed by atoms with van der Waals surface area (Å²) in [6.07, 6.45) is 2.37. The zero-order valence-electron chi connectivity index (χ0n) is 30.1. The lowest BCUT2D eigenvalue weighted by atomic mass is 10.0. The number of ether oxygens (including phenoxy) is 3. The van der Waals surface area contributed by atoms with Crippen molar-refractivity contribution in [2.45, 2.75) is 110 Å². The standard InChI is InChI=1S/C37H53FN6O5/c1-23-16-41(31(17-42-24(2)20-47-21-25(42)3)18-43(23)36(46)49-37(5,6)7)19-33(45)44-26(4)22-48-35-32(44)15-28(34(40-35)39-30-12-13-30)14-27-8-10-29(38)11-9-27/h8-11,15,23-26,30-31H,12-14,16-22H2,1-7H3,(H,39,40)/t23-,24-,25-,26+,31+/m1/s1. The lowest BCUT2D eigenvalue weighted by molar-refractivity contribution is -0.123. The van der Waals surface area contributed by atoms with Crippen molar-refractivity contribution in [1.29, 1.82) is 0 Å². The topological polar surface area (TPSA) is 99.7 Å². The first-order valence-corrected chi connectivity index (χ1v) is 17.8. The van der Waals surface area contributed by atoms with Crippen LogP contribution in [0, 0.1) is 5.82 Å². The van der Waals surface area contributed by atoms with Crippen molar-refractivity contribution in [3.8, 4) is 5.88 Å². The van der Waals surface area contributed by atoms with Gasteiger partial charge in [-0.05, 0) is 85.1 Å². The lowest BCUT2D eigenvalue weighted by Crippen LogP contribution is -2.65. The zero-order valence-corrected chi connectivity index (χ0v) is 30.1. The quantitative estimate of drug-likeness (QED) is 0.417. The summed E-state index contributed by atoms with van der Waals surface area (Å²) >= 11 is 0. The van der Waals surface area contributed by atoms with Gasteiger partial charge in [0.25, 0.3) is 0 Å². The number of pyridine rings is 1. The van der Waals surface area contributed by atoms with Gasteiger partial charge in [-0.2, -0.15) is 4.98 Å². The number of fused-ring (bicyclic) bond motifs is 1. The third kappa shape index (κ3) is 8.46. The molecule has 6 rings (SSSR count). The smallest absolute Gasteiger partial charge is 0.410 e. The molecule has 2 amide bonds. The van der Waals surface area contributed by atoms with Gasteiger partial charge < -0.3 is 29.3 Å². The van der Waals surface area contributed by atoms with E-state index < -0.39 is 5.60 Å². The van der Waals surface area contributed by atoms with Crippen LogP contribution in [0.4, 0.5) is 20.7 Å². The lowest BCUT2D eigenvalue weighted by Gasteiger charge is -2.49. The Labute approximate surface area is 290 Å². The monoisotopic (exact) mass is 680 g/mol. The van der Waals surface area contributed by atoms with Crippen molar-refractivity contribution < 1.29 is 28.2 Å². The van der Waals surface area contributed by atoms with Crippen LogP contribution in [0.5, 0.6) is 5.88 Å². The highest BCUT2D eigenvalue weighted by Crippen LogP contribution is 2.38. The maximum absolute atomic E-state index is 14.5. The number of morpholine rings is 1. The first kappa shape index (κ1) is 35.3. The largest absolute Gasteiger partial charge is 0.474 e. The van der Waals surface area contributed by atoms with Gasteiger partial charge in [-0.1, -0.05) is 12.1 Å². The summed E-state index contributed by atoms with van der Waals surface area (Å²) in [5.74, 6) is 0.863. The van der Waals surface area contributed by atoms with E-state index in [1.165, 1.54) is 12.1 Å². The first-order chi connectivity index (χ1) is 23.3. The third-order valence-electron chi connectivity index (χ3n) is 9.90. The molecule has 1 aliphatic carbocycles. The molecule has 0 spiro atoms. The van der Waals surface area contributed by atoms with Crippen LogP contribution in [0.3, 0.4) is 0 Å². The zero-order chi connectivity index (χ0) is 35.0. The summed E-state index contributed by atoms with van der Waals surface area (Å²) in [6, 6.07) is 8.87. The minimum Gasteiger partial charge on any atom is -0.474 e. The van der Waals surface area contributed by atoms with E-state index in [1.54, 1.807) is 12.1 Å². The van der Waals surface area contributed by atoms with Crippen molar-refractivity contribution in [3.05, 3.63) is 47.3 Å². The Morgan fingerprint density at radius 3 is 2.33 bits per heavy atom. The number of aromatic nitrogens is 1. The average molecular weight is 681 g/mol. The highest BCUT2D eigenvalue weighted by molar-refractivity contribution is 5.97. The van der Waals surface area contributed by atoms with Crippen LogP contribution in [0.25, 0.3) is 0 Å². The van der Waals surface area contributed by atoms with Crippen LogP contribution >= 0.6 is 0 Å². The highest BCUT2D eigenvalue weighted by atomic mass is 19.1. The molecule has 1 N–H and O–H groups in total. The molecule has 2 aromatic rings. The van der Waals surface area contributed by atoms with E-state index in [0.717, 1.165) is 29.8 Å². The fourth-order valence-corrected chi connectivity index (χ4v) is 7.14. The van der Waals surface area contributed by atoms with Gasteiger partial charge in [-0.25, -0.2) is 9.18 Å². The Morgan fingerprint density at radius 2 is 1.67 bits per heavy atom. The van der Waals surface area contributed by atoms with E-state index in [9.17, 15) is 14.0 Å². The summed E-state index contributed by atoms with van der Waals surface area (Å²) in [5, 5.41) is 3.54. The molecule has 0 radical (unpaired) electrons. The van der Waals surface area contributed by atoms with Crippen LogP contribution in [-0.2, 0) is 20.7 Å². The Kier molecular flexibility index (Phi) is 10.4. The van der Waals surface area contributed by atoms with Gasteiger partial charge in [0, 0.05) is 61.8 Å². The summed E-state index contributed by atoms with van der Waals surface area (Å²) < 4.78 is 31.4. The fraction of sp³-hybridized carbons (Fsp3) is 0.649. The van der Waals surface area contributed by atoms with Crippen LogP contribution in [0.15, 0.2) is 30.3 Å². The van der Waals surface area contributed by atoms with E-state index in [-0.39, 0.29) is 54.6 Å². The third-order valence-corrected chi connectivity index (χ3v) is 9.90. The summed E-state index contributed by atoms with van der Waals surface area (Å²) in [4.78, 5) is 41.1. The summed E-state index contributed by atoms with van der Waals surface area (Å²) in [5.41, 5.74) is 1.93. The number of hydrogen-bond acceptors (Lipinski definition) is 9. The minimum absolute atomic E-state index is 0.0412.